The first-order valence-corrected chi connectivity index (χ1v) is 9.43. The van der Waals surface area contributed by atoms with Crippen LogP contribution in [0.3, 0.4) is 0 Å². The second-order valence-electron chi connectivity index (χ2n) is 6.89. The minimum absolute atomic E-state index is 0.0928. The van der Waals surface area contributed by atoms with Crippen LogP contribution in [-0.4, -0.2) is 30.8 Å². The Morgan fingerprint density at radius 1 is 1.11 bits per heavy atom. The minimum atomic E-state index is -0.517. The molecule has 28 heavy (non-hydrogen) atoms. The Hall–Kier alpha value is -2.86. The van der Waals surface area contributed by atoms with Crippen molar-refractivity contribution in [3.63, 3.8) is 0 Å². The Morgan fingerprint density at radius 3 is 2.46 bits per heavy atom. The molecule has 0 saturated carbocycles. The molecule has 2 aromatic rings. The minimum Gasteiger partial charge on any atom is -0.347 e. The SMILES string of the molecule is Cc1cccc(C)c1NC(=O)CNC(=O)C1CC(=O)N(c2ccccc2Cl)C1. The average molecular weight is 400 g/mol. The van der Waals surface area contributed by atoms with Gasteiger partial charge in [0, 0.05) is 18.7 Å². The van der Waals surface area contributed by atoms with Gasteiger partial charge in [-0.2, -0.15) is 0 Å². The molecular weight excluding hydrogens is 378 g/mol. The number of carbonyl (C=O) groups is 3. The molecule has 2 aromatic carbocycles. The predicted octanol–water partition coefficient (Wildman–Crippen LogP) is 3.06. The summed E-state index contributed by atoms with van der Waals surface area (Å²) in [6, 6.07) is 12.8. The Labute approximate surface area is 168 Å². The zero-order valence-corrected chi connectivity index (χ0v) is 16.5. The molecular formula is C21H22ClN3O3. The fraction of sp³-hybridized carbons (Fsp3) is 0.286. The summed E-state index contributed by atoms with van der Waals surface area (Å²) in [5, 5.41) is 5.92. The number of hydrogen-bond acceptors (Lipinski definition) is 3. The second-order valence-corrected chi connectivity index (χ2v) is 7.30. The maximum absolute atomic E-state index is 12.4. The van der Waals surface area contributed by atoms with E-state index in [2.05, 4.69) is 10.6 Å². The summed E-state index contributed by atoms with van der Waals surface area (Å²) in [5.74, 6) is -1.30. The van der Waals surface area contributed by atoms with E-state index in [1.807, 2.05) is 32.0 Å². The molecule has 3 amide bonds. The smallest absolute Gasteiger partial charge is 0.243 e. The highest BCUT2D eigenvalue weighted by Gasteiger charge is 2.35. The number of carbonyl (C=O) groups excluding carboxylic acids is 3. The first kappa shape index (κ1) is 19.9. The van der Waals surface area contributed by atoms with Crippen molar-refractivity contribution in [1.29, 1.82) is 0 Å². The van der Waals surface area contributed by atoms with Crippen molar-refractivity contribution >= 4 is 40.7 Å². The summed E-state index contributed by atoms with van der Waals surface area (Å²) in [5.41, 5.74) is 3.26. The van der Waals surface area contributed by atoms with Crippen LogP contribution in [0.4, 0.5) is 11.4 Å². The van der Waals surface area contributed by atoms with Gasteiger partial charge in [-0.3, -0.25) is 14.4 Å². The number of nitrogens with one attached hydrogen (secondary N) is 2. The van der Waals surface area contributed by atoms with Crippen LogP contribution in [0.25, 0.3) is 0 Å². The Bertz CT molecular complexity index is 909. The van der Waals surface area contributed by atoms with Crippen molar-refractivity contribution < 1.29 is 14.4 Å². The van der Waals surface area contributed by atoms with E-state index in [4.69, 9.17) is 11.6 Å². The summed E-state index contributed by atoms with van der Waals surface area (Å²) in [4.78, 5) is 38.5. The molecule has 1 aliphatic heterocycles. The summed E-state index contributed by atoms with van der Waals surface area (Å²) in [7, 11) is 0. The molecule has 1 unspecified atom stereocenters. The van der Waals surface area contributed by atoms with E-state index in [0.29, 0.717) is 10.7 Å². The van der Waals surface area contributed by atoms with Gasteiger partial charge in [0.05, 0.1) is 23.2 Å². The third kappa shape index (κ3) is 4.34. The molecule has 1 fully saturated rings. The first-order valence-electron chi connectivity index (χ1n) is 9.05. The van der Waals surface area contributed by atoms with E-state index in [1.54, 1.807) is 24.3 Å². The van der Waals surface area contributed by atoms with Crippen LogP contribution in [0.5, 0.6) is 0 Å². The van der Waals surface area contributed by atoms with Crippen LogP contribution in [-0.2, 0) is 14.4 Å². The Balaban J connectivity index is 1.56. The lowest BCUT2D eigenvalue weighted by Gasteiger charge is -2.18. The second kappa shape index (κ2) is 8.44. The monoisotopic (exact) mass is 399 g/mol. The van der Waals surface area contributed by atoms with Crippen molar-refractivity contribution in [3.8, 4) is 0 Å². The number of aryl methyl sites for hydroxylation is 2. The molecule has 0 spiro atoms. The Kier molecular flexibility index (Phi) is 5.99. The van der Waals surface area contributed by atoms with Gasteiger partial charge in [0.15, 0.2) is 0 Å². The summed E-state index contributed by atoms with van der Waals surface area (Å²) < 4.78 is 0. The van der Waals surface area contributed by atoms with E-state index >= 15 is 0 Å². The number of benzene rings is 2. The van der Waals surface area contributed by atoms with Gasteiger partial charge in [0.1, 0.15) is 0 Å². The highest BCUT2D eigenvalue weighted by molar-refractivity contribution is 6.33. The quantitative estimate of drug-likeness (QED) is 0.811. The van der Waals surface area contributed by atoms with Crippen molar-refractivity contribution in [2.24, 2.45) is 5.92 Å². The van der Waals surface area contributed by atoms with Crippen molar-refractivity contribution in [1.82, 2.24) is 5.32 Å². The predicted molar refractivity (Wildman–Crippen MR) is 109 cm³/mol. The first-order chi connectivity index (χ1) is 13.4. The average Bonchev–Trinajstić information content (AvgIpc) is 3.05. The fourth-order valence-corrected chi connectivity index (χ4v) is 3.53. The highest BCUT2D eigenvalue weighted by atomic mass is 35.5. The lowest BCUT2D eigenvalue weighted by atomic mass is 10.1. The molecule has 1 aliphatic rings. The van der Waals surface area contributed by atoms with E-state index in [1.165, 1.54) is 4.90 Å². The van der Waals surface area contributed by atoms with Crippen LogP contribution in [0.1, 0.15) is 17.5 Å². The topological polar surface area (TPSA) is 78.5 Å². The van der Waals surface area contributed by atoms with Crippen molar-refractivity contribution in [3.05, 3.63) is 58.6 Å². The number of halogens is 1. The molecule has 7 heteroatoms. The zero-order valence-electron chi connectivity index (χ0n) is 15.8. The molecule has 6 nitrogen and oxygen atoms in total. The summed E-state index contributed by atoms with van der Waals surface area (Å²) >= 11 is 6.15. The van der Waals surface area contributed by atoms with E-state index < -0.39 is 5.92 Å². The maximum Gasteiger partial charge on any atom is 0.243 e. The van der Waals surface area contributed by atoms with Crippen LogP contribution in [0.15, 0.2) is 42.5 Å². The van der Waals surface area contributed by atoms with Gasteiger partial charge < -0.3 is 15.5 Å². The Morgan fingerprint density at radius 2 is 1.79 bits per heavy atom. The molecule has 1 heterocycles. The largest absolute Gasteiger partial charge is 0.347 e. The van der Waals surface area contributed by atoms with Crippen molar-refractivity contribution in [2.75, 3.05) is 23.3 Å². The summed E-state index contributed by atoms with van der Waals surface area (Å²) in [6.45, 7) is 3.92. The zero-order chi connectivity index (χ0) is 20.3. The van der Waals surface area contributed by atoms with Crippen LogP contribution in [0, 0.1) is 19.8 Å². The number of hydrogen-bond donors (Lipinski definition) is 2. The fourth-order valence-electron chi connectivity index (χ4n) is 3.29. The molecule has 1 atom stereocenters. The molecule has 2 N–H and O–H groups in total. The third-order valence-electron chi connectivity index (χ3n) is 4.81. The van der Waals surface area contributed by atoms with Gasteiger partial charge in [-0.25, -0.2) is 0 Å². The molecule has 1 saturated heterocycles. The molecule has 0 aliphatic carbocycles. The number of para-hydroxylation sites is 2. The number of anilines is 2. The van der Waals surface area contributed by atoms with E-state index in [9.17, 15) is 14.4 Å². The van der Waals surface area contributed by atoms with Gasteiger partial charge in [-0.15, -0.1) is 0 Å². The van der Waals surface area contributed by atoms with E-state index in [-0.39, 0.29) is 37.2 Å². The molecule has 0 aromatic heterocycles. The van der Waals surface area contributed by atoms with Crippen molar-refractivity contribution in [2.45, 2.75) is 20.3 Å². The molecule has 3 rings (SSSR count). The molecule has 0 radical (unpaired) electrons. The number of rotatable bonds is 5. The third-order valence-corrected chi connectivity index (χ3v) is 5.13. The molecule has 0 bridgehead atoms. The van der Waals surface area contributed by atoms with Gasteiger partial charge in [0.2, 0.25) is 17.7 Å². The maximum atomic E-state index is 12.4. The van der Waals surface area contributed by atoms with Crippen LogP contribution >= 0.6 is 11.6 Å². The standard InChI is InChI=1S/C21H22ClN3O3/c1-13-6-5-7-14(2)20(13)24-18(26)11-23-21(28)15-10-19(27)25(12-15)17-9-4-3-8-16(17)22/h3-9,15H,10-12H2,1-2H3,(H,23,28)(H,24,26). The molecule has 146 valence electrons. The normalized spacial score (nSPS) is 16.2. The van der Waals surface area contributed by atoms with Gasteiger partial charge in [-0.1, -0.05) is 41.9 Å². The van der Waals surface area contributed by atoms with Crippen LogP contribution < -0.4 is 15.5 Å². The summed E-state index contributed by atoms with van der Waals surface area (Å²) in [6.07, 6.45) is 0.0928. The highest BCUT2D eigenvalue weighted by Crippen LogP contribution is 2.31. The lowest BCUT2D eigenvalue weighted by molar-refractivity contribution is -0.127. The van der Waals surface area contributed by atoms with Gasteiger partial charge in [0.25, 0.3) is 0 Å². The van der Waals surface area contributed by atoms with Crippen LogP contribution in [0.2, 0.25) is 5.02 Å². The lowest BCUT2D eigenvalue weighted by Crippen LogP contribution is -2.38. The van der Waals surface area contributed by atoms with E-state index in [0.717, 1.165) is 16.8 Å². The number of amides is 3. The van der Waals surface area contributed by atoms with Gasteiger partial charge in [-0.05, 0) is 37.1 Å². The number of nitrogens with zero attached hydrogens (tertiary/aromatic N) is 1. The van der Waals surface area contributed by atoms with Gasteiger partial charge >= 0.3 is 0 Å².